The first-order valence-electron chi connectivity index (χ1n) is 7.18. The van der Waals surface area contributed by atoms with Crippen molar-refractivity contribution in [1.29, 1.82) is 0 Å². The summed E-state index contributed by atoms with van der Waals surface area (Å²) in [6.45, 7) is 15.4. The molecule has 0 unspecified atom stereocenters. The van der Waals surface area contributed by atoms with Gasteiger partial charge in [-0.2, -0.15) is 0 Å². The number of amides is 1. The summed E-state index contributed by atoms with van der Waals surface area (Å²) in [5.74, 6) is 0. The molecule has 0 spiro atoms. The van der Waals surface area contributed by atoms with Crippen LogP contribution in [-0.4, -0.2) is 79.8 Å². The minimum absolute atomic E-state index is 0.176. The zero-order chi connectivity index (χ0) is 14.1. The molecule has 1 rings (SSSR count). The fourth-order valence-electron chi connectivity index (χ4n) is 2.19. The first-order valence-corrected chi connectivity index (χ1v) is 7.18. The highest BCUT2D eigenvalue weighted by atomic mass is 16.6. The van der Waals surface area contributed by atoms with E-state index in [0.29, 0.717) is 6.61 Å². The summed E-state index contributed by atoms with van der Waals surface area (Å²) in [6, 6.07) is 0. The third kappa shape index (κ3) is 5.61. The lowest BCUT2D eigenvalue weighted by Crippen LogP contribution is -2.49. The van der Waals surface area contributed by atoms with E-state index >= 15 is 0 Å². The molecule has 1 aliphatic heterocycles. The molecule has 0 atom stereocenters. The van der Waals surface area contributed by atoms with Gasteiger partial charge in [-0.1, -0.05) is 19.9 Å². The zero-order valence-corrected chi connectivity index (χ0v) is 12.3. The summed E-state index contributed by atoms with van der Waals surface area (Å²) in [5, 5.41) is 0. The summed E-state index contributed by atoms with van der Waals surface area (Å²) >= 11 is 0. The van der Waals surface area contributed by atoms with Crippen molar-refractivity contribution in [2.45, 2.75) is 13.8 Å². The Bertz CT molecular complexity index is 272. The van der Waals surface area contributed by atoms with Crippen molar-refractivity contribution in [3.8, 4) is 0 Å². The number of hydrogen-bond donors (Lipinski definition) is 0. The van der Waals surface area contributed by atoms with Gasteiger partial charge < -0.3 is 14.5 Å². The lowest BCUT2D eigenvalue weighted by molar-refractivity contribution is 0.0718. The van der Waals surface area contributed by atoms with Gasteiger partial charge in [0.25, 0.3) is 0 Å². The Morgan fingerprint density at radius 3 is 2.42 bits per heavy atom. The second kappa shape index (κ2) is 8.93. The van der Waals surface area contributed by atoms with Crippen LogP contribution in [0.15, 0.2) is 12.7 Å². The van der Waals surface area contributed by atoms with E-state index in [1.165, 1.54) is 0 Å². The molecular weight excluding hydrogens is 242 g/mol. The van der Waals surface area contributed by atoms with Gasteiger partial charge in [0.1, 0.15) is 6.61 Å². The van der Waals surface area contributed by atoms with Gasteiger partial charge in [-0.15, -0.1) is 6.58 Å². The van der Waals surface area contributed by atoms with Crippen LogP contribution in [0.5, 0.6) is 0 Å². The third-order valence-corrected chi connectivity index (χ3v) is 3.55. The standard InChI is InChI=1S/C14H27N3O2/c1-4-7-16-8-10-17(11-9-16)14(18)19-13-12-15(5-2)6-3/h4H,1,5-13H2,2-3H3. The first kappa shape index (κ1) is 16.0. The van der Waals surface area contributed by atoms with Crippen molar-refractivity contribution >= 4 is 6.09 Å². The van der Waals surface area contributed by atoms with Crippen LogP contribution >= 0.6 is 0 Å². The van der Waals surface area contributed by atoms with E-state index in [2.05, 4.69) is 30.2 Å². The van der Waals surface area contributed by atoms with E-state index < -0.39 is 0 Å². The number of carbonyl (C=O) groups excluding carboxylic acids is 1. The average Bonchev–Trinajstić information content (AvgIpc) is 2.44. The van der Waals surface area contributed by atoms with E-state index in [0.717, 1.165) is 52.4 Å². The SMILES string of the molecule is C=CCN1CCN(C(=O)OCCN(CC)CC)CC1. The Morgan fingerprint density at radius 2 is 1.89 bits per heavy atom. The minimum Gasteiger partial charge on any atom is -0.448 e. The van der Waals surface area contributed by atoms with Crippen LogP contribution in [0.4, 0.5) is 4.79 Å². The van der Waals surface area contributed by atoms with E-state index in [1.54, 1.807) is 4.90 Å². The third-order valence-electron chi connectivity index (χ3n) is 3.55. The Kier molecular flexibility index (Phi) is 7.52. The van der Waals surface area contributed by atoms with Gasteiger partial charge >= 0.3 is 6.09 Å². The molecule has 0 N–H and O–H groups in total. The minimum atomic E-state index is -0.176. The second-order valence-corrected chi connectivity index (χ2v) is 4.72. The zero-order valence-electron chi connectivity index (χ0n) is 12.3. The lowest BCUT2D eigenvalue weighted by Gasteiger charge is -2.33. The normalized spacial score (nSPS) is 16.7. The van der Waals surface area contributed by atoms with Crippen LogP contribution in [0, 0.1) is 0 Å². The van der Waals surface area contributed by atoms with Crippen LogP contribution in [0.2, 0.25) is 0 Å². The fraction of sp³-hybridized carbons (Fsp3) is 0.786. The van der Waals surface area contributed by atoms with Crippen molar-refractivity contribution in [1.82, 2.24) is 14.7 Å². The Balaban J connectivity index is 2.18. The van der Waals surface area contributed by atoms with Gasteiger partial charge in [0.2, 0.25) is 0 Å². The van der Waals surface area contributed by atoms with Gasteiger partial charge in [0.05, 0.1) is 0 Å². The predicted molar refractivity (Wildman–Crippen MR) is 77.3 cm³/mol. The molecule has 1 heterocycles. The van der Waals surface area contributed by atoms with Gasteiger partial charge in [-0.05, 0) is 13.1 Å². The summed E-state index contributed by atoms with van der Waals surface area (Å²) < 4.78 is 5.32. The number of rotatable bonds is 7. The van der Waals surface area contributed by atoms with Crippen LogP contribution in [0.1, 0.15) is 13.8 Å². The van der Waals surface area contributed by atoms with Crippen molar-refractivity contribution in [3.05, 3.63) is 12.7 Å². The maximum atomic E-state index is 11.9. The Labute approximate surface area is 116 Å². The highest BCUT2D eigenvalue weighted by Gasteiger charge is 2.21. The molecule has 1 aliphatic rings. The predicted octanol–water partition coefficient (Wildman–Crippen LogP) is 1.27. The number of nitrogens with zero attached hydrogens (tertiary/aromatic N) is 3. The smallest absolute Gasteiger partial charge is 0.409 e. The number of likely N-dealkylation sites (N-methyl/N-ethyl adjacent to an activating group) is 1. The molecule has 1 fully saturated rings. The maximum absolute atomic E-state index is 11.9. The van der Waals surface area contributed by atoms with Gasteiger partial charge in [-0.25, -0.2) is 4.79 Å². The highest BCUT2D eigenvalue weighted by molar-refractivity contribution is 5.67. The van der Waals surface area contributed by atoms with E-state index in [1.807, 2.05) is 6.08 Å². The summed E-state index contributed by atoms with van der Waals surface area (Å²) in [7, 11) is 0. The average molecular weight is 269 g/mol. The van der Waals surface area contributed by atoms with Crippen LogP contribution in [0.3, 0.4) is 0 Å². The van der Waals surface area contributed by atoms with Crippen LogP contribution in [-0.2, 0) is 4.74 Å². The van der Waals surface area contributed by atoms with Crippen molar-refractivity contribution in [2.24, 2.45) is 0 Å². The second-order valence-electron chi connectivity index (χ2n) is 4.72. The van der Waals surface area contributed by atoms with Crippen molar-refractivity contribution in [2.75, 3.05) is 59.0 Å². The quantitative estimate of drug-likeness (QED) is 0.652. The molecule has 0 aromatic rings. The molecule has 5 nitrogen and oxygen atoms in total. The van der Waals surface area contributed by atoms with E-state index in [4.69, 9.17) is 4.74 Å². The summed E-state index contributed by atoms with van der Waals surface area (Å²) in [4.78, 5) is 18.2. The van der Waals surface area contributed by atoms with Crippen molar-refractivity contribution in [3.63, 3.8) is 0 Å². The molecule has 1 saturated heterocycles. The summed E-state index contributed by atoms with van der Waals surface area (Å²) in [6.07, 6.45) is 1.73. The Morgan fingerprint density at radius 1 is 1.26 bits per heavy atom. The number of piperazine rings is 1. The van der Waals surface area contributed by atoms with Crippen LogP contribution in [0.25, 0.3) is 0 Å². The molecule has 5 heteroatoms. The molecule has 0 aliphatic carbocycles. The molecule has 1 amide bonds. The summed E-state index contributed by atoms with van der Waals surface area (Å²) in [5.41, 5.74) is 0. The largest absolute Gasteiger partial charge is 0.448 e. The number of hydrogen-bond acceptors (Lipinski definition) is 4. The molecule has 19 heavy (non-hydrogen) atoms. The molecule has 0 saturated carbocycles. The monoisotopic (exact) mass is 269 g/mol. The van der Waals surface area contributed by atoms with Gasteiger partial charge in [0.15, 0.2) is 0 Å². The van der Waals surface area contributed by atoms with E-state index in [-0.39, 0.29) is 6.09 Å². The Hall–Kier alpha value is -1.07. The van der Waals surface area contributed by atoms with E-state index in [9.17, 15) is 4.79 Å². The first-order chi connectivity index (χ1) is 9.21. The van der Waals surface area contributed by atoms with Gasteiger partial charge in [-0.3, -0.25) is 4.90 Å². The van der Waals surface area contributed by atoms with Gasteiger partial charge in [0, 0.05) is 39.3 Å². The highest BCUT2D eigenvalue weighted by Crippen LogP contribution is 2.03. The molecule has 110 valence electrons. The molecule has 0 radical (unpaired) electrons. The number of carbonyl (C=O) groups is 1. The van der Waals surface area contributed by atoms with Crippen LogP contribution < -0.4 is 0 Å². The number of ether oxygens (including phenoxy) is 1. The lowest BCUT2D eigenvalue weighted by atomic mass is 10.3. The van der Waals surface area contributed by atoms with Crippen molar-refractivity contribution < 1.29 is 9.53 Å². The maximum Gasteiger partial charge on any atom is 0.409 e. The fourth-order valence-corrected chi connectivity index (χ4v) is 2.19. The molecule has 0 aromatic carbocycles. The topological polar surface area (TPSA) is 36.0 Å². The molecule has 0 aromatic heterocycles. The molecule has 0 bridgehead atoms. The molecular formula is C14H27N3O2.